The second-order valence-electron chi connectivity index (χ2n) is 8.90. The standard InChI is InChI=1S/C26H28N2O8S2/c1-37(31,32)23-11-7-21(8-12-23)36-22-9-13-24(14-10-22)38(33,34)28(19-20-5-3-2-4-6-20)26(25(29)27-30)15-17-35-18-16-26/h2-14,30H,15-19H2,1H3,(H,27,29). The molecule has 38 heavy (non-hydrogen) atoms. The average Bonchev–Trinajstić information content (AvgIpc) is 2.92. The number of sulfone groups is 1. The van der Waals surface area contributed by atoms with E-state index in [0.29, 0.717) is 17.1 Å². The minimum absolute atomic E-state index is 0.0650. The third kappa shape index (κ3) is 5.89. The maximum Gasteiger partial charge on any atom is 0.265 e. The fourth-order valence-electron chi connectivity index (χ4n) is 4.32. The maximum absolute atomic E-state index is 14.0. The van der Waals surface area contributed by atoms with E-state index >= 15 is 0 Å². The van der Waals surface area contributed by atoms with Crippen LogP contribution >= 0.6 is 0 Å². The molecule has 0 atom stereocenters. The van der Waals surface area contributed by atoms with E-state index in [0.717, 1.165) is 10.6 Å². The molecule has 2 N–H and O–H groups in total. The van der Waals surface area contributed by atoms with Crippen LogP contribution in [0.4, 0.5) is 0 Å². The highest BCUT2D eigenvalue weighted by Crippen LogP contribution is 2.36. The summed E-state index contributed by atoms with van der Waals surface area (Å²) in [7, 11) is -7.59. The van der Waals surface area contributed by atoms with Crippen molar-refractivity contribution in [1.29, 1.82) is 0 Å². The molecule has 0 saturated carbocycles. The topological polar surface area (TPSA) is 139 Å². The van der Waals surface area contributed by atoms with Gasteiger partial charge in [0.05, 0.1) is 9.79 Å². The average molecular weight is 561 g/mol. The van der Waals surface area contributed by atoms with Gasteiger partial charge in [0, 0.05) is 26.0 Å². The zero-order valence-corrected chi connectivity index (χ0v) is 22.2. The molecule has 0 spiro atoms. The minimum atomic E-state index is -4.24. The Kier molecular flexibility index (Phi) is 8.19. The van der Waals surface area contributed by atoms with Gasteiger partial charge in [0.2, 0.25) is 10.0 Å². The highest BCUT2D eigenvalue weighted by molar-refractivity contribution is 7.90. The van der Waals surface area contributed by atoms with Crippen LogP contribution < -0.4 is 10.2 Å². The molecule has 10 nitrogen and oxygen atoms in total. The van der Waals surface area contributed by atoms with Gasteiger partial charge in [0.15, 0.2) is 9.84 Å². The largest absolute Gasteiger partial charge is 0.457 e. The summed E-state index contributed by atoms with van der Waals surface area (Å²) in [6.07, 6.45) is 1.24. The summed E-state index contributed by atoms with van der Waals surface area (Å²) < 4.78 is 63.6. The number of carbonyl (C=O) groups is 1. The normalized spacial score (nSPS) is 15.7. The van der Waals surface area contributed by atoms with Gasteiger partial charge in [0.25, 0.3) is 5.91 Å². The van der Waals surface area contributed by atoms with Gasteiger partial charge in [-0.15, -0.1) is 0 Å². The predicted molar refractivity (Wildman–Crippen MR) is 138 cm³/mol. The molecule has 1 saturated heterocycles. The minimum Gasteiger partial charge on any atom is -0.457 e. The SMILES string of the molecule is CS(=O)(=O)c1ccc(Oc2ccc(S(=O)(=O)N(Cc3ccccc3)C3(C(=O)NO)CCOCC3)cc2)cc1. The Balaban J connectivity index is 1.66. The molecule has 0 bridgehead atoms. The van der Waals surface area contributed by atoms with Crippen molar-refractivity contribution in [1.82, 2.24) is 9.79 Å². The zero-order valence-electron chi connectivity index (χ0n) is 20.6. The first-order chi connectivity index (χ1) is 18.1. The number of hydroxylamine groups is 1. The van der Waals surface area contributed by atoms with Crippen LogP contribution in [-0.4, -0.2) is 57.3 Å². The predicted octanol–water partition coefficient (Wildman–Crippen LogP) is 3.13. The van der Waals surface area contributed by atoms with E-state index in [1.54, 1.807) is 35.8 Å². The van der Waals surface area contributed by atoms with Crippen molar-refractivity contribution in [2.24, 2.45) is 0 Å². The first-order valence-electron chi connectivity index (χ1n) is 11.7. The number of nitrogens with one attached hydrogen (secondary N) is 1. The second-order valence-corrected chi connectivity index (χ2v) is 12.8. The van der Waals surface area contributed by atoms with Gasteiger partial charge in [-0.1, -0.05) is 30.3 Å². The van der Waals surface area contributed by atoms with E-state index in [2.05, 4.69) is 0 Å². The zero-order chi connectivity index (χ0) is 27.4. The molecule has 3 aromatic carbocycles. The fourth-order valence-corrected chi connectivity index (χ4v) is 6.73. The van der Waals surface area contributed by atoms with E-state index < -0.39 is 31.3 Å². The molecule has 0 radical (unpaired) electrons. The molecule has 1 amide bonds. The lowest BCUT2D eigenvalue weighted by Gasteiger charge is -2.43. The van der Waals surface area contributed by atoms with Crippen molar-refractivity contribution in [2.45, 2.75) is 34.7 Å². The molecular formula is C26H28N2O8S2. The summed E-state index contributed by atoms with van der Waals surface area (Å²) in [6.45, 7) is 0.208. The van der Waals surface area contributed by atoms with Crippen LogP contribution in [0.15, 0.2) is 88.7 Å². The van der Waals surface area contributed by atoms with Gasteiger partial charge < -0.3 is 9.47 Å². The van der Waals surface area contributed by atoms with Gasteiger partial charge in [-0.05, 0) is 66.9 Å². The van der Waals surface area contributed by atoms with Crippen molar-refractivity contribution in [3.8, 4) is 11.5 Å². The summed E-state index contributed by atoms with van der Waals surface area (Å²) in [6, 6.07) is 20.4. The first-order valence-corrected chi connectivity index (χ1v) is 15.1. The van der Waals surface area contributed by atoms with Crippen LogP contribution in [0.3, 0.4) is 0 Å². The molecular weight excluding hydrogens is 532 g/mol. The number of rotatable bonds is 9. The van der Waals surface area contributed by atoms with Crippen LogP contribution in [0.1, 0.15) is 18.4 Å². The smallest absolute Gasteiger partial charge is 0.265 e. The number of nitrogens with zero attached hydrogens (tertiary/aromatic N) is 1. The fraction of sp³-hybridized carbons (Fsp3) is 0.269. The lowest BCUT2D eigenvalue weighted by atomic mass is 9.88. The van der Waals surface area contributed by atoms with Gasteiger partial charge in [-0.3, -0.25) is 10.0 Å². The third-order valence-electron chi connectivity index (χ3n) is 6.39. The van der Waals surface area contributed by atoms with Crippen LogP contribution in [0.5, 0.6) is 11.5 Å². The summed E-state index contributed by atoms with van der Waals surface area (Å²) in [5, 5.41) is 9.53. The molecule has 1 aliphatic rings. The molecule has 4 rings (SSSR count). The lowest BCUT2D eigenvalue weighted by Crippen LogP contribution is -2.62. The quantitative estimate of drug-likeness (QED) is 0.301. The Hall–Kier alpha value is -3.29. The highest BCUT2D eigenvalue weighted by Gasteiger charge is 2.50. The maximum atomic E-state index is 14.0. The van der Waals surface area contributed by atoms with Crippen molar-refractivity contribution in [2.75, 3.05) is 19.5 Å². The summed E-state index contributed by atoms with van der Waals surface area (Å²) in [5.41, 5.74) is 0.771. The molecule has 1 aliphatic heterocycles. The Morgan fingerprint density at radius 2 is 1.42 bits per heavy atom. The third-order valence-corrected chi connectivity index (χ3v) is 9.45. The number of carbonyl (C=O) groups excluding carboxylic acids is 1. The number of hydrogen-bond acceptors (Lipinski definition) is 8. The van der Waals surface area contributed by atoms with Crippen LogP contribution in [-0.2, 0) is 35.9 Å². The van der Waals surface area contributed by atoms with Crippen LogP contribution in [0.2, 0.25) is 0 Å². The Morgan fingerprint density at radius 3 is 1.92 bits per heavy atom. The van der Waals surface area contributed by atoms with E-state index in [-0.39, 0.29) is 42.4 Å². The number of amides is 1. The molecule has 1 heterocycles. The summed E-state index contributed by atoms with van der Waals surface area (Å²) >= 11 is 0. The molecule has 0 unspecified atom stereocenters. The van der Waals surface area contributed by atoms with Gasteiger partial charge in [-0.2, -0.15) is 4.31 Å². The Labute approximate surface area is 221 Å². The molecule has 3 aromatic rings. The molecule has 0 aromatic heterocycles. The van der Waals surface area contributed by atoms with Crippen molar-refractivity contribution in [3.05, 3.63) is 84.4 Å². The Bertz CT molecular complexity index is 1470. The van der Waals surface area contributed by atoms with E-state index in [9.17, 15) is 26.8 Å². The number of benzene rings is 3. The summed E-state index contributed by atoms with van der Waals surface area (Å²) in [4.78, 5) is 13.0. The molecule has 12 heteroatoms. The second kappa shape index (κ2) is 11.2. The molecule has 202 valence electrons. The van der Waals surface area contributed by atoms with E-state index in [4.69, 9.17) is 9.47 Å². The Morgan fingerprint density at radius 1 is 0.895 bits per heavy atom. The van der Waals surface area contributed by atoms with E-state index in [1.165, 1.54) is 48.5 Å². The molecule has 1 fully saturated rings. The summed E-state index contributed by atoms with van der Waals surface area (Å²) in [5.74, 6) is -0.114. The monoisotopic (exact) mass is 560 g/mol. The highest BCUT2D eigenvalue weighted by atomic mass is 32.2. The van der Waals surface area contributed by atoms with Crippen molar-refractivity contribution < 1.29 is 36.3 Å². The number of hydrogen-bond donors (Lipinski definition) is 2. The molecule has 0 aliphatic carbocycles. The van der Waals surface area contributed by atoms with Gasteiger partial charge in [-0.25, -0.2) is 22.3 Å². The lowest BCUT2D eigenvalue weighted by molar-refractivity contribution is -0.145. The van der Waals surface area contributed by atoms with Crippen LogP contribution in [0.25, 0.3) is 0 Å². The van der Waals surface area contributed by atoms with E-state index in [1.807, 2.05) is 0 Å². The van der Waals surface area contributed by atoms with Gasteiger partial charge in [0.1, 0.15) is 17.0 Å². The number of ether oxygens (including phenoxy) is 2. The first kappa shape index (κ1) is 27.7. The van der Waals surface area contributed by atoms with Gasteiger partial charge >= 0.3 is 0 Å². The number of sulfonamides is 1. The van der Waals surface area contributed by atoms with Crippen molar-refractivity contribution >= 4 is 25.8 Å². The van der Waals surface area contributed by atoms with Crippen LogP contribution in [0, 0.1) is 0 Å². The van der Waals surface area contributed by atoms with Crippen molar-refractivity contribution in [3.63, 3.8) is 0 Å².